The summed E-state index contributed by atoms with van der Waals surface area (Å²) in [5.41, 5.74) is 0.734. The van der Waals surface area contributed by atoms with Gasteiger partial charge in [-0.3, -0.25) is 0 Å². The molecule has 8 heteroatoms. The van der Waals surface area contributed by atoms with Crippen LogP contribution in [0.4, 0.5) is 4.39 Å². The second-order valence-corrected chi connectivity index (χ2v) is 7.45. The first-order chi connectivity index (χ1) is 11.9. The third-order valence-electron chi connectivity index (χ3n) is 3.86. The minimum Gasteiger partial charge on any atom is -0.486 e. The summed E-state index contributed by atoms with van der Waals surface area (Å²) in [5, 5.41) is 10.2. The van der Waals surface area contributed by atoms with Gasteiger partial charge in [-0.1, -0.05) is 6.07 Å². The Morgan fingerprint density at radius 3 is 2.60 bits per heavy atom. The molecular weight excluding hydrogens is 349 g/mol. The monoisotopic (exact) mass is 367 g/mol. The zero-order valence-electron chi connectivity index (χ0n) is 13.5. The molecule has 0 spiro atoms. The van der Waals surface area contributed by atoms with Crippen LogP contribution in [0, 0.1) is 12.7 Å². The predicted octanol–water partition coefficient (Wildman–Crippen LogP) is 1.92. The Labute approximate surface area is 145 Å². The zero-order chi connectivity index (χ0) is 18.0. The van der Waals surface area contributed by atoms with E-state index in [0.717, 1.165) is 6.07 Å². The van der Waals surface area contributed by atoms with E-state index in [2.05, 4.69) is 4.72 Å². The summed E-state index contributed by atoms with van der Waals surface area (Å²) in [6.07, 6.45) is -1.06. The number of ether oxygens (including phenoxy) is 2. The Bertz CT molecular complexity index is 885. The molecule has 0 aliphatic carbocycles. The number of nitrogens with one attached hydrogen (secondary N) is 1. The lowest BCUT2D eigenvalue weighted by atomic mass is 10.1. The van der Waals surface area contributed by atoms with Gasteiger partial charge >= 0.3 is 0 Å². The average Bonchev–Trinajstić information content (AvgIpc) is 2.61. The van der Waals surface area contributed by atoms with Gasteiger partial charge in [0.15, 0.2) is 11.5 Å². The van der Waals surface area contributed by atoms with Crippen molar-refractivity contribution in [2.24, 2.45) is 0 Å². The van der Waals surface area contributed by atoms with Gasteiger partial charge in [0.2, 0.25) is 10.0 Å². The molecular formula is C17H18FNO5S. The maximum atomic E-state index is 13.3. The molecule has 0 unspecified atom stereocenters. The van der Waals surface area contributed by atoms with Crippen LogP contribution in [0.1, 0.15) is 17.2 Å². The number of hydrogen-bond donors (Lipinski definition) is 2. The average molecular weight is 367 g/mol. The number of benzene rings is 2. The van der Waals surface area contributed by atoms with E-state index >= 15 is 0 Å². The number of hydrogen-bond acceptors (Lipinski definition) is 5. The SMILES string of the molecule is Cc1cc(S(=O)(=O)NC[C@@H](O)c2ccc3c(c2)OCCO3)ccc1F. The third-order valence-corrected chi connectivity index (χ3v) is 5.28. The van der Waals surface area contributed by atoms with Crippen LogP contribution in [0.25, 0.3) is 0 Å². The van der Waals surface area contributed by atoms with Crippen molar-refractivity contribution in [1.82, 2.24) is 4.72 Å². The molecule has 6 nitrogen and oxygen atoms in total. The van der Waals surface area contributed by atoms with Gasteiger partial charge in [-0.2, -0.15) is 0 Å². The first-order valence-corrected chi connectivity index (χ1v) is 9.18. The number of fused-ring (bicyclic) bond motifs is 1. The van der Waals surface area contributed by atoms with E-state index in [9.17, 15) is 17.9 Å². The van der Waals surface area contributed by atoms with Gasteiger partial charge in [-0.15, -0.1) is 0 Å². The molecule has 0 radical (unpaired) electrons. The summed E-state index contributed by atoms with van der Waals surface area (Å²) in [6.45, 7) is 2.14. The fraction of sp³-hybridized carbons (Fsp3) is 0.294. The van der Waals surface area contributed by atoms with Crippen molar-refractivity contribution in [2.75, 3.05) is 19.8 Å². The maximum absolute atomic E-state index is 13.3. The van der Waals surface area contributed by atoms with Gasteiger partial charge in [0.25, 0.3) is 0 Å². The number of aliphatic hydroxyl groups is 1. The molecule has 134 valence electrons. The fourth-order valence-electron chi connectivity index (χ4n) is 2.44. The molecule has 1 heterocycles. The Morgan fingerprint density at radius 1 is 1.16 bits per heavy atom. The van der Waals surface area contributed by atoms with Gasteiger partial charge in [-0.05, 0) is 48.4 Å². The van der Waals surface area contributed by atoms with Crippen molar-refractivity contribution in [3.63, 3.8) is 0 Å². The highest BCUT2D eigenvalue weighted by molar-refractivity contribution is 7.89. The summed E-state index contributed by atoms with van der Waals surface area (Å²) in [7, 11) is -3.85. The van der Waals surface area contributed by atoms with Gasteiger partial charge in [0.1, 0.15) is 19.0 Å². The van der Waals surface area contributed by atoms with Crippen molar-refractivity contribution in [1.29, 1.82) is 0 Å². The number of sulfonamides is 1. The molecule has 2 N–H and O–H groups in total. The van der Waals surface area contributed by atoms with E-state index < -0.39 is 21.9 Å². The minimum absolute atomic E-state index is 0.0548. The molecule has 1 atom stereocenters. The second-order valence-electron chi connectivity index (χ2n) is 5.68. The first-order valence-electron chi connectivity index (χ1n) is 7.70. The van der Waals surface area contributed by atoms with Gasteiger partial charge in [0, 0.05) is 6.54 Å². The van der Waals surface area contributed by atoms with Crippen LogP contribution >= 0.6 is 0 Å². The quantitative estimate of drug-likeness (QED) is 0.843. The van der Waals surface area contributed by atoms with Crippen LogP contribution in [-0.4, -0.2) is 33.3 Å². The number of aliphatic hydroxyl groups excluding tert-OH is 1. The minimum atomic E-state index is -3.85. The van der Waals surface area contributed by atoms with Crippen molar-refractivity contribution >= 4 is 10.0 Å². The Morgan fingerprint density at radius 2 is 1.88 bits per heavy atom. The summed E-state index contributed by atoms with van der Waals surface area (Å²) in [5.74, 6) is 0.625. The first kappa shape index (κ1) is 17.7. The van der Waals surface area contributed by atoms with Crippen LogP contribution in [0.5, 0.6) is 11.5 Å². The second kappa shape index (κ2) is 6.99. The van der Waals surface area contributed by atoms with E-state index in [1.807, 2.05) is 0 Å². The number of rotatable bonds is 5. The number of halogens is 1. The van der Waals surface area contributed by atoms with Crippen molar-refractivity contribution in [3.8, 4) is 11.5 Å². The zero-order valence-corrected chi connectivity index (χ0v) is 14.3. The van der Waals surface area contributed by atoms with Gasteiger partial charge in [-0.25, -0.2) is 17.5 Å². The van der Waals surface area contributed by atoms with Crippen LogP contribution in [0.3, 0.4) is 0 Å². The molecule has 0 bridgehead atoms. The summed E-state index contributed by atoms with van der Waals surface area (Å²) in [4.78, 5) is -0.0548. The third kappa shape index (κ3) is 3.92. The van der Waals surface area contributed by atoms with Gasteiger partial charge in [0.05, 0.1) is 11.0 Å². The molecule has 1 aliphatic rings. The van der Waals surface area contributed by atoms with Gasteiger partial charge < -0.3 is 14.6 Å². The Hall–Kier alpha value is -2.16. The van der Waals surface area contributed by atoms with Crippen LogP contribution in [-0.2, 0) is 10.0 Å². The molecule has 0 fully saturated rings. The highest BCUT2D eigenvalue weighted by Gasteiger charge is 2.19. The standard InChI is InChI=1S/C17H18FNO5S/c1-11-8-13(3-4-14(11)18)25(21,22)19-10-15(20)12-2-5-16-17(9-12)24-7-6-23-16/h2-5,8-9,15,19-20H,6-7,10H2,1H3/t15-/m1/s1. The van der Waals surface area contributed by atoms with Crippen molar-refractivity contribution < 1.29 is 27.4 Å². The van der Waals surface area contributed by atoms with E-state index in [-0.39, 0.29) is 17.0 Å². The van der Waals surface area contributed by atoms with Crippen molar-refractivity contribution in [3.05, 3.63) is 53.3 Å². The van der Waals surface area contributed by atoms with Crippen molar-refractivity contribution in [2.45, 2.75) is 17.9 Å². The smallest absolute Gasteiger partial charge is 0.240 e. The normalized spacial score (nSPS) is 15.0. The Balaban J connectivity index is 1.70. The summed E-state index contributed by atoms with van der Waals surface area (Å²) < 4.78 is 51.0. The molecule has 3 rings (SSSR count). The summed E-state index contributed by atoms with van der Waals surface area (Å²) >= 11 is 0. The molecule has 0 amide bonds. The van der Waals surface area contributed by atoms with Crippen LogP contribution in [0.2, 0.25) is 0 Å². The molecule has 1 aliphatic heterocycles. The topological polar surface area (TPSA) is 84.9 Å². The molecule has 0 saturated carbocycles. The molecule has 2 aromatic carbocycles. The lowest BCUT2D eigenvalue weighted by Gasteiger charge is -2.20. The largest absolute Gasteiger partial charge is 0.486 e. The highest BCUT2D eigenvalue weighted by atomic mass is 32.2. The number of aryl methyl sites for hydroxylation is 1. The molecule has 0 saturated heterocycles. The van der Waals surface area contributed by atoms with E-state index in [1.165, 1.54) is 19.1 Å². The predicted molar refractivity (Wildman–Crippen MR) is 88.7 cm³/mol. The maximum Gasteiger partial charge on any atom is 0.240 e. The molecule has 25 heavy (non-hydrogen) atoms. The van der Waals surface area contributed by atoms with E-state index in [1.54, 1.807) is 18.2 Å². The molecule has 2 aromatic rings. The van der Waals surface area contributed by atoms with E-state index in [4.69, 9.17) is 9.47 Å². The Kier molecular flexibility index (Phi) is 4.94. The fourth-order valence-corrected chi connectivity index (χ4v) is 3.56. The van der Waals surface area contributed by atoms with Crippen LogP contribution in [0.15, 0.2) is 41.3 Å². The lowest BCUT2D eigenvalue weighted by molar-refractivity contribution is 0.165. The van der Waals surface area contributed by atoms with E-state index in [0.29, 0.717) is 30.3 Å². The molecule has 0 aromatic heterocycles. The van der Waals surface area contributed by atoms with Crippen LogP contribution < -0.4 is 14.2 Å². The lowest BCUT2D eigenvalue weighted by Crippen LogP contribution is -2.28. The highest BCUT2D eigenvalue weighted by Crippen LogP contribution is 2.32. The summed E-state index contributed by atoms with van der Waals surface area (Å²) in [6, 6.07) is 8.46.